The first-order valence-corrected chi connectivity index (χ1v) is 12.6. The van der Waals surface area contributed by atoms with Crippen LogP contribution in [0.1, 0.15) is 44.7 Å². The molecule has 1 aromatic heterocycles. The largest absolute Gasteiger partial charge is 0.490 e. The Morgan fingerprint density at radius 2 is 1.95 bits per heavy atom. The van der Waals surface area contributed by atoms with E-state index in [4.69, 9.17) is 9.84 Å². The minimum atomic E-state index is -0.524. The Bertz CT molecular complexity index is 1490. The minimum absolute atomic E-state index is 0.00243. The number of amides is 2. The second-order valence-electron chi connectivity index (χ2n) is 9.45. The third-order valence-corrected chi connectivity index (χ3v) is 6.79. The number of ether oxygens (including phenoxy) is 1. The molecular weight excluding hydrogens is 464 g/mol. The van der Waals surface area contributed by atoms with Crippen molar-refractivity contribution in [2.24, 2.45) is 0 Å². The average molecular weight is 493 g/mol. The fourth-order valence-electron chi connectivity index (χ4n) is 4.80. The molecule has 0 spiro atoms. The molecule has 3 heterocycles. The van der Waals surface area contributed by atoms with E-state index in [0.717, 1.165) is 41.0 Å². The molecule has 5 rings (SSSR count). The highest BCUT2D eigenvalue weighted by atomic mass is 16.5. The van der Waals surface area contributed by atoms with E-state index in [2.05, 4.69) is 6.07 Å². The van der Waals surface area contributed by atoms with Gasteiger partial charge in [0, 0.05) is 35.9 Å². The summed E-state index contributed by atoms with van der Waals surface area (Å²) in [6, 6.07) is 17.8. The molecule has 7 nitrogen and oxygen atoms in total. The van der Waals surface area contributed by atoms with Crippen LogP contribution in [0.15, 0.2) is 71.4 Å². The number of rotatable bonds is 6. The van der Waals surface area contributed by atoms with E-state index in [1.165, 1.54) is 4.90 Å². The summed E-state index contributed by atoms with van der Waals surface area (Å²) in [5.74, 6) is -0.0308. The molecule has 2 aliphatic rings. The lowest BCUT2D eigenvalue weighted by Crippen LogP contribution is -2.43. The van der Waals surface area contributed by atoms with E-state index < -0.39 is 5.91 Å². The highest BCUT2D eigenvalue weighted by molar-refractivity contribution is 6.19. The van der Waals surface area contributed by atoms with Crippen molar-refractivity contribution < 1.29 is 14.3 Å². The van der Waals surface area contributed by atoms with Crippen LogP contribution in [-0.2, 0) is 16.0 Å². The van der Waals surface area contributed by atoms with Gasteiger partial charge in [-0.05, 0) is 67.8 Å². The number of hydrogen-bond donors (Lipinski definition) is 0. The Morgan fingerprint density at radius 1 is 1.16 bits per heavy atom. The molecule has 37 heavy (non-hydrogen) atoms. The van der Waals surface area contributed by atoms with Crippen molar-refractivity contribution in [3.8, 4) is 28.8 Å². The maximum Gasteiger partial charge on any atom is 0.271 e. The zero-order valence-corrected chi connectivity index (χ0v) is 21.2. The predicted molar refractivity (Wildman–Crippen MR) is 141 cm³/mol. The van der Waals surface area contributed by atoms with E-state index in [-0.39, 0.29) is 24.1 Å². The average Bonchev–Trinajstić information content (AvgIpc) is 3.49. The van der Waals surface area contributed by atoms with Gasteiger partial charge >= 0.3 is 0 Å². The van der Waals surface area contributed by atoms with Crippen LogP contribution in [0.2, 0.25) is 0 Å². The molecule has 0 saturated carbocycles. The van der Waals surface area contributed by atoms with Crippen molar-refractivity contribution in [1.82, 2.24) is 14.7 Å². The fraction of sp³-hybridized carbons (Fsp3) is 0.267. The van der Waals surface area contributed by atoms with E-state index >= 15 is 0 Å². The van der Waals surface area contributed by atoms with Gasteiger partial charge in [0.15, 0.2) is 0 Å². The number of fused-ring (bicyclic) bond motifs is 1. The van der Waals surface area contributed by atoms with Gasteiger partial charge in [-0.1, -0.05) is 31.5 Å². The molecule has 0 radical (unpaired) electrons. The van der Waals surface area contributed by atoms with Gasteiger partial charge in [-0.3, -0.25) is 14.5 Å². The van der Waals surface area contributed by atoms with Gasteiger partial charge < -0.3 is 4.74 Å². The van der Waals surface area contributed by atoms with E-state index in [1.807, 2.05) is 68.6 Å². The summed E-state index contributed by atoms with van der Waals surface area (Å²) in [4.78, 5) is 27.5. The Morgan fingerprint density at radius 3 is 2.68 bits per heavy atom. The summed E-state index contributed by atoms with van der Waals surface area (Å²) in [6.07, 6.45) is 6.08. The molecule has 0 aliphatic carbocycles. The molecule has 1 unspecified atom stereocenters. The van der Waals surface area contributed by atoms with E-state index in [9.17, 15) is 14.9 Å². The zero-order valence-electron chi connectivity index (χ0n) is 21.2. The minimum Gasteiger partial charge on any atom is -0.490 e. The van der Waals surface area contributed by atoms with Crippen molar-refractivity contribution in [1.29, 1.82) is 5.26 Å². The van der Waals surface area contributed by atoms with E-state index in [1.54, 1.807) is 17.7 Å². The third-order valence-electron chi connectivity index (χ3n) is 6.79. The second kappa shape index (κ2) is 9.90. The van der Waals surface area contributed by atoms with Crippen LogP contribution in [-0.4, -0.2) is 39.1 Å². The molecule has 2 aliphatic heterocycles. The summed E-state index contributed by atoms with van der Waals surface area (Å²) < 4.78 is 7.66. The molecule has 0 N–H and O–H groups in total. The van der Waals surface area contributed by atoms with Crippen molar-refractivity contribution >= 4 is 17.9 Å². The summed E-state index contributed by atoms with van der Waals surface area (Å²) in [6.45, 7) is 5.98. The Kier molecular flexibility index (Phi) is 6.49. The maximum absolute atomic E-state index is 13.5. The van der Waals surface area contributed by atoms with Gasteiger partial charge in [-0.25, -0.2) is 4.68 Å². The number of nitrogens with zero attached hydrogens (tertiary/aromatic N) is 4. The number of nitriles is 1. The molecule has 7 heteroatoms. The summed E-state index contributed by atoms with van der Waals surface area (Å²) in [5.41, 5.74) is 5.05. The third kappa shape index (κ3) is 4.47. The van der Waals surface area contributed by atoms with Gasteiger partial charge in [-0.2, -0.15) is 10.4 Å². The van der Waals surface area contributed by atoms with Crippen LogP contribution in [0.4, 0.5) is 0 Å². The monoisotopic (exact) mass is 492 g/mol. The highest BCUT2D eigenvalue weighted by Gasteiger charge is 2.35. The Labute approximate surface area is 216 Å². The van der Waals surface area contributed by atoms with Crippen molar-refractivity contribution in [3.05, 3.63) is 82.6 Å². The number of carbonyl (C=O) groups excluding carboxylic acids is 2. The molecule has 0 fully saturated rings. The quantitative estimate of drug-likeness (QED) is 0.346. The fourth-order valence-corrected chi connectivity index (χ4v) is 4.80. The maximum atomic E-state index is 13.5. The molecule has 1 atom stereocenters. The molecular formula is C30H28N4O3. The summed E-state index contributed by atoms with van der Waals surface area (Å²) >= 11 is 0. The van der Waals surface area contributed by atoms with Crippen LogP contribution in [0.25, 0.3) is 23.0 Å². The van der Waals surface area contributed by atoms with Crippen molar-refractivity contribution in [2.45, 2.75) is 46.1 Å². The van der Waals surface area contributed by atoms with Crippen LogP contribution >= 0.6 is 0 Å². The number of imide groups is 1. The highest BCUT2D eigenvalue weighted by Crippen LogP contribution is 2.35. The summed E-state index contributed by atoms with van der Waals surface area (Å²) in [7, 11) is 0. The SMILES string of the molecule is CCCCN1C(=O)C(C#N)=C(C)/C(=C\c2cn(-c3ccccc3)nc2-c2ccc3c(c2)CC(C)O3)C1=O. The first-order chi connectivity index (χ1) is 17.9. The molecule has 0 bridgehead atoms. The lowest BCUT2D eigenvalue weighted by Gasteiger charge is -2.27. The molecule has 3 aromatic rings. The molecule has 2 amide bonds. The zero-order chi connectivity index (χ0) is 26.1. The lowest BCUT2D eigenvalue weighted by molar-refractivity contribution is -0.140. The molecule has 0 saturated heterocycles. The van der Waals surface area contributed by atoms with Crippen LogP contribution in [0, 0.1) is 11.3 Å². The number of carbonyl (C=O) groups is 2. The smallest absolute Gasteiger partial charge is 0.271 e. The first-order valence-electron chi connectivity index (χ1n) is 12.6. The Hall–Kier alpha value is -4.44. The number of aromatic nitrogens is 2. The number of para-hydroxylation sites is 1. The number of benzene rings is 2. The number of hydrogen-bond acceptors (Lipinski definition) is 5. The first kappa shape index (κ1) is 24.3. The standard InChI is InChI=1S/C30H28N4O3/c1-4-5-13-33-29(35)25(20(3)26(17-31)30(33)36)16-23-18-34(24-9-7-6-8-10-24)32-28(23)21-11-12-27-22(15-21)14-19(2)37-27/h6-12,15-16,18-19H,4-5,13-14H2,1-3H3/b25-16+. The topological polar surface area (TPSA) is 88.2 Å². The summed E-state index contributed by atoms with van der Waals surface area (Å²) in [5, 5.41) is 14.6. The van der Waals surface area contributed by atoms with Gasteiger partial charge in [0.1, 0.15) is 23.5 Å². The van der Waals surface area contributed by atoms with Crippen LogP contribution in [0.5, 0.6) is 5.75 Å². The van der Waals surface area contributed by atoms with Crippen LogP contribution in [0.3, 0.4) is 0 Å². The molecule has 186 valence electrons. The van der Waals surface area contributed by atoms with Gasteiger partial charge in [0.05, 0.1) is 11.4 Å². The normalized spacial score (nSPS) is 18.3. The molecule has 2 aromatic carbocycles. The second-order valence-corrected chi connectivity index (χ2v) is 9.45. The Balaban J connectivity index is 1.67. The van der Waals surface area contributed by atoms with Crippen molar-refractivity contribution in [3.63, 3.8) is 0 Å². The van der Waals surface area contributed by atoms with Crippen LogP contribution < -0.4 is 4.74 Å². The van der Waals surface area contributed by atoms with Gasteiger partial charge in [0.25, 0.3) is 11.8 Å². The number of unbranched alkanes of at least 4 members (excludes halogenated alkanes) is 1. The van der Waals surface area contributed by atoms with Crippen molar-refractivity contribution in [2.75, 3.05) is 6.54 Å². The van der Waals surface area contributed by atoms with Gasteiger partial charge in [-0.15, -0.1) is 0 Å². The van der Waals surface area contributed by atoms with E-state index in [0.29, 0.717) is 23.3 Å². The predicted octanol–water partition coefficient (Wildman–Crippen LogP) is 5.26. The van der Waals surface area contributed by atoms with Gasteiger partial charge in [0.2, 0.25) is 0 Å². The lowest BCUT2D eigenvalue weighted by atomic mass is 9.93.